The fourth-order valence-electron chi connectivity index (χ4n) is 11.4. The van der Waals surface area contributed by atoms with Crippen LogP contribution < -0.4 is 0 Å². The highest BCUT2D eigenvalue weighted by molar-refractivity contribution is 6.00. The van der Waals surface area contributed by atoms with Crippen molar-refractivity contribution in [1.29, 1.82) is 0 Å². The zero-order chi connectivity index (χ0) is 40.8. The van der Waals surface area contributed by atoms with E-state index in [-0.39, 0.29) is 0 Å². The lowest BCUT2D eigenvalue weighted by Gasteiger charge is -2.34. The first-order valence-corrected chi connectivity index (χ1v) is 21.5. The second-order valence-electron chi connectivity index (χ2n) is 16.7. The van der Waals surface area contributed by atoms with Gasteiger partial charge in [0.2, 0.25) is 0 Å². The molecule has 1 aromatic heterocycles. The second kappa shape index (κ2) is 13.3. The SMILES string of the molecule is c1ccc(-c2nc(-c3ccc4c(c3)C(c3ccccc3)(c3ccccc3)c3ccccc3-4)cc(-c3cccc4c3-c3ccccc3C43c4ccccc4-c4ccccc43)n2)cc1. The van der Waals surface area contributed by atoms with E-state index in [9.17, 15) is 0 Å². The van der Waals surface area contributed by atoms with E-state index in [1.807, 2.05) is 0 Å². The molecule has 3 aliphatic rings. The van der Waals surface area contributed by atoms with Gasteiger partial charge in [-0.25, -0.2) is 9.97 Å². The first kappa shape index (κ1) is 34.9. The van der Waals surface area contributed by atoms with E-state index in [1.165, 1.54) is 77.9 Å². The van der Waals surface area contributed by atoms with Gasteiger partial charge < -0.3 is 0 Å². The molecule has 3 aliphatic carbocycles. The van der Waals surface area contributed by atoms with Crippen LogP contribution in [-0.2, 0) is 10.8 Å². The van der Waals surface area contributed by atoms with Gasteiger partial charge in [0.1, 0.15) is 0 Å². The molecule has 9 aromatic carbocycles. The Kier molecular flexibility index (Phi) is 7.47. The van der Waals surface area contributed by atoms with Crippen molar-refractivity contribution in [3.8, 4) is 67.3 Å². The van der Waals surface area contributed by atoms with Crippen LogP contribution in [0.15, 0.2) is 231 Å². The predicted octanol–water partition coefficient (Wildman–Crippen LogP) is 14.2. The van der Waals surface area contributed by atoms with Gasteiger partial charge in [0.25, 0.3) is 0 Å². The van der Waals surface area contributed by atoms with Gasteiger partial charge in [0, 0.05) is 16.7 Å². The minimum absolute atomic E-state index is 0.444. The van der Waals surface area contributed by atoms with Crippen LogP contribution in [-0.4, -0.2) is 9.97 Å². The number of nitrogens with zero attached hydrogens (tertiary/aromatic N) is 2. The van der Waals surface area contributed by atoms with Crippen molar-refractivity contribution in [2.45, 2.75) is 10.8 Å². The van der Waals surface area contributed by atoms with Gasteiger partial charge in [-0.1, -0.05) is 218 Å². The van der Waals surface area contributed by atoms with E-state index >= 15 is 0 Å². The number of hydrogen-bond acceptors (Lipinski definition) is 2. The molecule has 0 amide bonds. The molecule has 1 spiro atoms. The van der Waals surface area contributed by atoms with Crippen LogP contribution in [0.4, 0.5) is 0 Å². The van der Waals surface area contributed by atoms with Crippen molar-refractivity contribution in [3.05, 3.63) is 275 Å². The standard InChI is InChI=1S/C60H38N2/c1-4-19-39(20-5-1)58-61-55(40-35-36-46-45-27-10-14-30-49(45)59(54(46)37-40,41-21-6-2-7-22-41)42-23-8-3-9-24-42)38-56(62-58)48-29-18-34-53-57(48)47-28-13-17-33-52(47)60(53)50-31-15-11-25-43(50)44-26-12-16-32-51(44)60/h1-38H. The summed E-state index contributed by atoms with van der Waals surface area (Å²) in [6.07, 6.45) is 0. The summed E-state index contributed by atoms with van der Waals surface area (Å²) in [5, 5.41) is 0. The number of aromatic nitrogens is 2. The summed E-state index contributed by atoms with van der Waals surface area (Å²) in [6.45, 7) is 0. The highest BCUT2D eigenvalue weighted by atomic mass is 14.9. The number of rotatable bonds is 5. The molecule has 0 aliphatic heterocycles. The van der Waals surface area contributed by atoms with Crippen molar-refractivity contribution >= 4 is 0 Å². The lowest BCUT2D eigenvalue weighted by molar-refractivity contribution is 0.768. The van der Waals surface area contributed by atoms with E-state index in [0.29, 0.717) is 5.82 Å². The van der Waals surface area contributed by atoms with Crippen molar-refractivity contribution in [1.82, 2.24) is 9.97 Å². The van der Waals surface area contributed by atoms with Gasteiger partial charge in [0.15, 0.2) is 5.82 Å². The molecule has 0 fully saturated rings. The van der Waals surface area contributed by atoms with E-state index in [2.05, 4.69) is 231 Å². The van der Waals surface area contributed by atoms with Crippen molar-refractivity contribution in [2.75, 3.05) is 0 Å². The maximum Gasteiger partial charge on any atom is 0.160 e. The molecule has 0 bridgehead atoms. The molecular weight excluding hydrogens is 749 g/mol. The zero-order valence-electron chi connectivity index (χ0n) is 33.8. The smallest absolute Gasteiger partial charge is 0.160 e. The molecule has 13 rings (SSSR count). The fourth-order valence-corrected chi connectivity index (χ4v) is 11.4. The minimum Gasteiger partial charge on any atom is -0.228 e. The summed E-state index contributed by atoms with van der Waals surface area (Å²) in [7, 11) is 0. The maximum absolute atomic E-state index is 5.47. The van der Waals surface area contributed by atoms with E-state index in [0.717, 1.165) is 28.1 Å². The van der Waals surface area contributed by atoms with Gasteiger partial charge in [-0.3, -0.25) is 0 Å². The summed E-state index contributed by atoms with van der Waals surface area (Å²) in [4.78, 5) is 10.9. The Morgan fingerprint density at radius 1 is 0.258 bits per heavy atom. The van der Waals surface area contributed by atoms with Crippen LogP contribution in [0.5, 0.6) is 0 Å². The van der Waals surface area contributed by atoms with Crippen molar-refractivity contribution in [3.63, 3.8) is 0 Å². The number of hydrogen-bond donors (Lipinski definition) is 0. The zero-order valence-corrected chi connectivity index (χ0v) is 33.8. The predicted molar refractivity (Wildman–Crippen MR) is 252 cm³/mol. The van der Waals surface area contributed by atoms with Gasteiger partial charge in [0.05, 0.1) is 22.2 Å². The second-order valence-corrected chi connectivity index (χ2v) is 16.7. The van der Waals surface area contributed by atoms with Crippen LogP contribution >= 0.6 is 0 Å². The Bertz CT molecular complexity index is 3320. The fraction of sp³-hybridized carbons (Fsp3) is 0.0333. The summed E-state index contributed by atoms with van der Waals surface area (Å²) in [5.41, 5.74) is 21.8. The summed E-state index contributed by atoms with van der Waals surface area (Å²) < 4.78 is 0. The number of benzene rings is 9. The minimum atomic E-state index is -0.519. The lowest BCUT2D eigenvalue weighted by Crippen LogP contribution is -2.28. The molecule has 0 radical (unpaired) electrons. The Morgan fingerprint density at radius 2 is 0.694 bits per heavy atom. The van der Waals surface area contributed by atoms with Gasteiger partial charge in [-0.2, -0.15) is 0 Å². The van der Waals surface area contributed by atoms with Crippen LogP contribution in [0.25, 0.3) is 67.3 Å². The normalized spacial score (nSPS) is 14.1. The highest BCUT2D eigenvalue weighted by Gasteiger charge is 2.52. The molecule has 10 aromatic rings. The molecule has 0 saturated heterocycles. The molecule has 0 atom stereocenters. The molecule has 0 saturated carbocycles. The van der Waals surface area contributed by atoms with Gasteiger partial charge >= 0.3 is 0 Å². The van der Waals surface area contributed by atoms with Crippen molar-refractivity contribution in [2.24, 2.45) is 0 Å². The summed E-state index contributed by atoms with van der Waals surface area (Å²) in [6, 6.07) is 84.4. The molecule has 2 heteroatoms. The van der Waals surface area contributed by atoms with Gasteiger partial charge in [-0.15, -0.1) is 0 Å². The lowest BCUT2D eigenvalue weighted by atomic mass is 9.67. The third kappa shape index (κ3) is 4.64. The van der Waals surface area contributed by atoms with Crippen LogP contribution in [0, 0.1) is 0 Å². The largest absolute Gasteiger partial charge is 0.228 e. The summed E-state index contributed by atoms with van der Waals surface area (Å²) >= 11 is 0. The third-order valence-electron chi connectivity index (χ3n) is 13.8. The van der Waals surface area contributed by atoms with Gasteiger partial charge in [-0.05, 0) is 90.0 Å². The van der Waals surface area contributed by atoms with E-state index in [1.54, 1.807) is 0 Å². The molecule has 0 N–H and O–H groups in total. The Morgan fingerprint density at radius 3 is 1.29 bits per heavy atom. The third-order valence-corrected chi connectivity index (χ3v) is 13.8. The first-order valence-electron chi connectivity index (χ1n) is 21.5. The topological polar surface area (TPSA) is 25.8 Å². The molecule has 62 heavy (non-hydrogen) atoms. The Hall–Kier alpha value is -7.94. The summed E-state index contributed by atoms with van der Waals surface area (Å²) in [5.74, 6) is 0.703. The van der Waals surface area contributed by atoms with E-state index in [4.69, 9.17) is 9.97 Å². The monoisotopic (exact) mass is 786 g/mol. The van der Waals surface area contributed by atoms with Crippen LogP contribution in [0.2, 0.25) is 0 Å². The van der Waals surface area contributed by atoms with E-state index < -0.39 is 10.8 Å². The van der Waals surface area contributed by atoms with Crippen LogP contribution in [0.3, 0.4) is 0 Å². The first-order chi connectivity index (χ1) is 30.8. The Balaban J connectivity index is 1.07. The quantitative estimate of drug-likeness (QED) is 0.174. The Labute approximate surface area is 361 Å². The average molecular weight is 787 g/mol. The molecule has 1 heterocycles. The van der Waals surface area contributed by atoms with Crippen molar-refractivity contribution < 1.29 is 0 Å². The van der Waals surface area contributed by atoms with Crippen LogP contribution in [0.1, 0.15) is 44.5 Å². The average Bonchev–Trinajstić information content (AvgIpc) is 3.95. The molecule has 2 nitrogen and oxygen atoms in total. The molecule has 0 unspecified atom stereocenters. The molecule has 288 valence electrons. The maximum atomic E-state index is 5.47. The highest BCUT2D eigenvalue weighted by Crippen LogP contribution is 2.64. The molecular formula is C60H38N2. The number of fused-ring (bicyclic) bond motifs is 13.